The largest absolute Gasteiger partial charge is 0.462 e. The summed E-state index contributed by atoms with van der Waals surface area (Å²) in [6.45, 7) is 5.66. The van der Waals surface area contributed by atoms with E-state index < -0.39 is 0 Å². The predicted molar refractivity (Wildman–Crippen MR) is 122 cm³/mol. The Morgan fingerprint density at radius 3 is 2.90 bits per heavy atom. The Kier molecular flexibility index (Phi) is 10.2. The number of nitrogens with one attached hydrogen (secondary N) is 1. The summed E-state index contributed by atoms with van der Waals surface area (Å²) >= 11 is 0. The number of aryl methyl sites for hydroxylation is 1. The summed E-state index contributed by atoms with van der Waals surface area (Å²) in [4.78, 5) is 18.9. The van der Waals surface area contributed by atoms with Crippen LogP contribution in [0.4, 0.5) is 0 Å². The molecule has 0 amide bonds. The van der Waals surface area contributed by atoms with E-state index in [1.807, 2.05) is 19.4 Å². The molecule has 0 bridgehead atoms. The van der Waals surface area contributed by atoms with Crippen molar-refractivity contribution in [3.8, 4) is 0 Å². The number of halogens is 1. The van der Waals surface area contributed by atoms with E-state index >= 15 is 0 Å². The van der Waals surface area contributed by atoms with Crippen molar-refractivity contribution in [2.45, 2.75) is 57.7 Å². The van der Waals surface area contributed by atoms with Crippen LogP contribution in [0.3, 0.4) is 0 Å². The van der Waals surface area contributed by atoms with Gasteiger partial charge in [-0.15, -0.1) is 24.0 Å². The van der Waals surface area contributed by atoms with Gasteiger partial charge in [-0.1, -0.05) is 0 Å². The molecule has 0 spiro atoms. The molecule has 8 nitrogen and oxygen atoms in total. The zero-order valence-electron chi connectivity index (χ0n) is 17.5. The lowest BCUT2D eigenvalue weighted by Gasteiger charge is -2.34. The first kappa shape index (κ1) is 23.9. The molecule has 2 fully saturated rings. The minimum Gasteiger partial charge on any atom is -0.462 e. The summed E-state index contributed by atoms with van der Waals surface area (Å²) in [7, 11) is 1.91. The van der Waals surface area contributed by atoms with Crippen LogP contribution in [0.25, 0.3) is 0 Å². The molecule has 0 aromatic carbocycles. The monoisotopic (exact) mass is 519 g/mol. The van der Waals surface area contributed by atoms with E-state index in [2.05, 4.69) is 22.2 Å². The van der Waals surface area contributed by atoms with Crippen molar-refractivity contribution in [2.24, 2.45) is 12.0 Å². The van der Waals surface area contributed by atoms with E-state index in [0.717, 1.165) is 44.0 Å². The maximum atomic E-state index is 12.0. The lowest BCUT2D eigenvalue weighted by atomic mass is 10.1. The van der Waals surface area contributed by atoms with E-state index in [1.54, 1.807) is 4.68 Å². The van der Waals surface area contributed by atoms with Gasteiger partial charge in [0.15, 0.2) is 5.96 Å². The fraction of sp³-hybridized carbons (Fsp3) is 0.750. The number of aromatic nitrogens is 2. The van der Waals surface area contributed by atoms with Crippen molar-refractivity contribution in [2.75, 3.05) is 32.8 Å². The minimum atomic E-state index is -0.0879. The van der Waals surface area contributed by atoms with Gasteiger partial charge in [0.2, 0.25) is 0 Å². The summed E-state index contributed by atoms with van der Waals surface area (Å²) in [5, 5.41) is 7.60. The highest BCUT2D eigenvalue weighted by Crippen LogP contribution is 2.22. The highest BCUT2D eigenvalue weighted by atomic mass is 127. The van der Waals surface area contributed by atoms with Crippen LogP contribution in [-0.4, -0.2) is 65.5 Å². The van der Waals surface area contributed by atoms with Crippen molar-refractivity contribution in [3.05, 3.63) is 18.0 Å². The molecule has 164 valence electrons. The number of carbonyl (C=O) groups excluding carboxylic acids is 1. The molecular weight excluding hydrogens is 485 g/mol. The molecule has 1 saturated carbocycles. The van der Waals surface area contributed by atoms with E-state index in [9.17, 15) is 4.79 Å². The smallest absolute Gasteiger partial charge is 0.306 e. The number of hydrogen-bond donors (Lipinski definition) is 1. The van der Waals surface area contributed by atoms with Crippen LogP contribution >= 0.6 is 24.0 Å². The quantitative estimate of drug-likeness (QED) is 0.196. The molecule has 1 saturated heterocycles. The second kappa shape index (κ2) is 12.4. The summed E-state index contributed by atoms with van der Waals surface area (Å²) in [6.07, 6.45) is 9.51. The van der Waals surface area contributed by atoms with Crippen molar-refractivity contribution in [3.63, 3.8) is 0 Å². The zero-order chi connectivity index (χ0) is 19.8. The van der Waals surface area contributed by atoms with Gasteiger partial charge in [-0.2, -0.15) is 5.10 Å². The van der Waals surface area contributed by atoms with Crippen molar-refractivity contribution in [1.29, 1.82) is 0 Å². The number of ether oxygens (including phenoxy) is 2. The number of rotatable bonds is 7. The molecule has 2 heterocycles. The molecule has 1 N–H and O–H groups in total. The third-order valence-corrected chi connectivity index (χ3v) is 5.20. The van der Waals surface area contributed by atoms with Crippen LogP contribution < -0.4 is 5.32 Å². The number of hydrogen-bond acceptors (Lipinski definition) is 5. The fourth-order valence-electron chi connectivity index (χ4n) is 3.73. The number of guanidine groups is 1. The molecule has 3 rings (SSSR count). The number of carbonyl (C=O) groups is 1. The highest BCUT2D eigenvalue weighted by molar-refractivity contribution is 14.0. The molecule has 1 aromatic heterocycles. The summed E-state index contributed by atoms with van der Waals surface area (Å²) in [6, 6.07) is 0. The Morgan fingerprint density at radius 1 is 1.41 bits per heavy atom. The lowest BCUT2D eigenvalue weighted by molar-refractivity contribution is -0.148. The van der Waals surface area contributed by atoms with Gasteiger partial charge >= 0.3 is 5.97 Å². The minimum absolute atomic E-state index is 0. The molecule has 1 atom stereocenters. The Hall–Kier alpha value is -1.36. The predicted octanol–water partition coefficient (Wildman–Crippen LogP) is 2.64. The van der Waals surface area contributed by atoms with Crippen LogP contribution in [-0.2, 0) is 21.3 Å². The molecule has 29 heavy (non-hydrogen) atoms. The molecule has 0 radical (unpaired) electrons. The van der Waals surface area contributed by atoms with Gasteiger partial charge in [0.05, 0.1) is 19.3 Å². The Morgan fingerprint density at radius 2 is 2.21 bits per heavy atom. The summed E-state index contributed by atoms with van der Waals surface area (Å²) < 4.78 is 13.2. The Bertz CT molecular complexity index is 660. The maximum Gasteiger partial charge on any atom is 0.306 e. The summed E-state index contributed by atoms with van der Waals surface area (Å²) in [5.41, 5.74) is 1.08. The van der Waals surface area contributed by atoms with E-state index in [4.69, 9.17) is 14.5 Å². The van der Waals surface area contributed by atoms with E-state index in [0.29, 0.717) is 26.0 Å². The van der Waals surface area contributed by atoms with Crippen LogP contribution in [0.5, 0.6) is 0 Å². The zero-order valence-corrected chi connectivity index (χ0v) is 19.8. The number of esters is 1. The molecule has 1 unspecified atom stereocenters. The van der Waals surface area contributed by atoms with Crippen LogP contribution in [0.1, 0.15) is 57.1 Å². The second-order valence-corrected chi connectivity index (χ2v) is 7.49. The third-order valence-electron chi connectivity index (χ3n) is 5.20. The van der Waals surface area contributed by atoms with Gasteiger partial charge in [0.1, 0.15) is 12.2 Å². The molecular formula is C20H34IN5O3. The van der Waals surface area contributed by atoms with Gasteiger partial charge in [-0.25, -0.2) is 0 Å². The SMILES string of the molecule is CCNC(=NCCCC(=O)OC1CCCC1)N1CCOC(c2cnn(C)c2)C1.I. The average Bonchev–Trinajstić information content (AvgIpc) is 3.36. The van der Waals surface area contributed by atoms with Gasteiger partial charge in [-0.05, 0) is 39.0 Å². The Balaban J connectivity index is 0.00000300. The normalized spacial score (nSPS) is 20.4. The maximum absolute atomic E-state index is 12.0. The molecule has 2 aliphatic rings. The van der Waals surface area contributed by atoms with Gasteiger partial charge in [0, 0.05) is 44.9 Å². The summed E-state index contributed by atoms with van der Waals surface area (Å²) in [5.74, 6) is 0.791. The molecule has 1 aromatic rings. The van der Waals surface area contributed by atoms with Gasteiger partial charge in [-0.3, -0.25) is 14.5 Å². The van der Waals surface area contributed by atoms with Crippen molar-refractivity contribution in [1.82, 2.24) is 20.0 Å². The lowest BCUT2D eigenvalue weighted by Crippen LogP contribution is -2.48. The first-order valence-electron chi connectivity index (χ1n) is 10.5. The van der Waals surface area contributed by atoms with Crippen LogP contribution in [0, 0.1) is 0 Å². The first-order chi connectivity index (χ1) is 13.7. The second-order valence-electron chi connectivity index (χ2n) is 7.49. The number of aliphatic imine (C=N–C) groups is 1. The van der Waals surface area contributed by atoms with Crippen LogP contribution in [0.2, 0.25) is 0 Å². The number of morpholine rings is 1. The molecule has 9 heteroatoms. The van der Waals surface area contributed by atoms with Gasteiger partial charge in [0.25, 0.3) is 0 Å². The standard InChI is InChI=1S/C20H33N5O3.HI/c1-3-21-20(22-10-6-9-19(26)28-17-7-4-5-8-17)25-11-12-27-18(15-25)16-13-23-24(2)14-16;/h13-14,17-18H,3-12,15H2,1-2H3,(H,21,22);1H. The third kappa shape index (κ3) is 7.44. The van der Waals surface area contributed by atoms with E-state index in [1.165, 1.54) is 12.8 Å². The first-order valence-corrected chi connectivity index (χ1v) is 10.5. The van der Waals surface area contributed by atoms with Crippen molar-refractivity contribution >= 4 is 35.9 Å². The Labute approximate surface area is 190 Å². The average molecular weight is 519 g/mol. The molecule has 1 aliphatic carbocycles. The number of nitrogens with zero attached hydrogens (tertiary/aromatic N) is 4. The van der Waals surface area contributed by atoms with E-state index in [-0.39, 0.29) is 42.2 Å². The van der Waals surface area contributed by atoms with Crippen molar-refractivity contribution < 1.29 is 14.3 Å². The topological polar surface area (TPSA) is 81.0 Å². The highest BCUT2D eigenvalue weighted by Gasteiger charge is 2.25. The molecule has 1 aliphatic heterocycles. The van der Waals surface area contributed by atoms with Crippen LogP contribution in [0.15, 0.2) is 17.4 Å². The van der Waals surface area contributed by atoms with Gasteiger partial charge < -0.3 is 19.7 Å². The fourth-order valence-corrected chi connectivity index (χ4v) is 3.73.